The van der Waals surface area contributed by atoms with E-state index in [2.05, 4.69) is 10.3 Å². The van der Waals surface area contributed by atoms with Crippen molar-refractivity contribution in [3.8, 4) is 0 Å². The Morgan fingerprint density at radius 3 is 2.39 bits per heavy atom. The summed E-state index contributed by atoms with van der Waals surface area (Å²) in [5.74, 6) is -4.03. The largest absolute Gasteiger partial charge is 0.480 e. The van der Waals surface area contributed by atoms with Crippen LogP contribution in [0.15, 0.2) is 36.5 Å². The number of aromatic nitrogens is 1. The summed E-state index contributed by atoms with van der Waals surface area (Å²) in [5.41, 5.74) is 0.232. The highest BCUT2D eigenvalue weighted by Gasteiger charge is 2.22. The molecule has 2 rings (SSSR count). The first-order valence-corrected chi connectivity index (χ1v) is 6.83. The number of carboxylic acid groups (broad SMARTS) is 1. The number of carbonyl (C=O) groups is 2. The fourth-order valence-electron chi connectivity index (χ4n) is 1.89. The van der Waals surface area contributed by atoms with E-state index >= 15 is 0 Å². The average molecular weight is 341 g/mol. The Morgan fingerprint density at radius 2 is 1.87 bits per heavy atom. The molecule has 23 heavy (non-hydrogen) atoms. The summed E-state index contributed by atoms with van der Waals surface area (Å²) in [5, 5.41) is 11.7. The molecule has 0 aliphatic carbocycles. The summed E-state index contributed by atoms with van der Waals surface area (Å²) < 4.78 is 26.2. The Balaban J connectivity index is 2.14. The number of benzene rings is 1. The number of hydrogen-bond acceptors (Lipinski definition) is 3. The molecule has 0 saturated carbocycles. The highest BCUT2D eigenvalue weighted by atomic mass is 35.5. The lowest BCUT2D eigenvalue weighted by molar-refractivity contribution is -0.139. The Kier molecular flexibility index (Phi) is 5.23. The predicted octanol–water partition coefficient (Wildman–Crippen LogP) is 2.44. The summed E-state index contributed by atoms with van der Waals surface area (Å²) in [7, 11) is 0. The molecular weight excluding hydrogens is 330 g/mol. The molecule has 1 atom stereocenters. The smallest absolute Gasteiger partial charge is 0.326 e. The van der Waals surface area contributed by atoms with Crippen molar-refractivity contribution in [2.45, 2.75) is 12.5 Å². The van der Waals surface area contributed by atoms with E-state index in [1.165, 1.54) is 12.3 Å². The van der Waals surface area contributed by atoms with Crippen LogP contribution in [0.1, 0.15) is 15.9 Å². The van der Waals surface area contributed by atoms with E-state index in [0.717, 1.165) is 12.1 Å². The maximum atomic E-state index is 13.1. The molecule has 1 aromatic heterocycles. The van der Waals surface area contributed by atoms with Gasteiger partial charge in [0.05, 0.1) is 0 Å². The summed E-state index contributed by atoms with van der Waals surface area (Å²) >= 11 is 5.64. The highest BCUT2D eigenvalue weighted by Crippen LogP contribution is 2.10. The third-order valence-corrected chi connectivity index (χ3v) is 3.18. The Bertz CT molecular complexity index is 718. The van der Waals surface area contributed by atoms with Gasteiger partial charge in [-0.3, -0.25) is 4.79 Å². The van der Waals surface area contributed by atoms with Gasteiger partial charge in [-0.15, -0.1) is 0 Å². The molecule has 1 amide bonds. The number of rotatable bonds is 5. The van der Waals surface area contributed by atoms with Crippen LogP contribution >= 0.6 is 11.6 Å². The van der Waals surface area contributed by atoms with E-state index in [-0.39, 0.29) is 17.1 Å². The third kappa shape index (κ3) is 4.72. The normalized spacial score (nSPS) is 11.8. The van der Waals surface area contributed by atoms with Crippen LogP contribution in [0.2, 0.25) is 5.15 Å². The van der Waals surface area contributed by atoms with Crippen LogP contribution in [-0.4, -0.2) is 28.0 Å². The standard InChI is InChI=1S/C15H11ClF2N2O3/c16-13-2-1-8(7-19-13)3-12(15(22)23)20-14(21)9-4-10(17)6-11(18)5-9/h1-2,4-7,12H,3H2,(H,20,21)(H,22,23)/t12-/m1/s1. The second-order valence-corrected chi connectivity index (χ2v) is 5.10. The van der Waals surface area contributed by atoms with Gasteiger partial charge in [0.15, 0.2) is 0 Å². The molecular formula is C15H11ClF2N2O3. The van der Waals surface area contributed by atoms with Gasteiger partial charge < -0.3 is 10.4 Å². The van der Waals surface area contributed by atoms with Crippen molar-refractivity contribution in [2.75, 3.05) is 0 Å². The molecule has 120 valence electrons. The molecule has 0 spiro atoms. The third-order valence-electron chi connectivity index (χ3n) is 2.96. The van der Waals surface area contributed by atoms with Crippen LogP contribution in [-0.2, 0) is 11.2 Å². The lowest BCUT2D eigenvalue weighted by atomic mass is 10.1. The minimum atomic E-state index is -1.29. The fraction of sp³-hybridized carbons (Fsp3) is 0.133. The van der Waals surface area contributed by atoms with Crippen molar-refractivity contribution in [1.82, 2.24) is 10.3 Å². The number of hydrogen-bond donors (Lipinski definition) is 2. The monoisotopic (exact) mass is 340 g/mol. The van der Waals surface area contributed by atoms with Crippen molar-refractivity contribution in [1.29, 1.82) is 0 Å². The van der Waals surface area contributed by atoms with Crippen LogP contribution in [0.4, 0.5) is 8.78 Å². The number of carbonyl (C=O) groups excluding carboxylic acids is 1. The zero-order valence-corrected chi connectivity index (χ0v) is 12.3. The second-order valence-electron chi connectivity index (χ2n) is 4.72. The lowest BCUT2D eigenvalue weighted by Crippen LogP contribution is -2.42. The van der Waals surface area contributed by atoms with Gasteiger partial charge in [0, 0.05) is 24.2 Å². The summed E-state index contributed by atoms with van der Waals surface area (Å²) in [6.07, 6.45) is 1.33. The SMILES string of the molecule is O=C(N[C@H](Cc1ccc(Cl)nc1)C(=O)O)c1cc(F)cc(F)c1. The molecule has 0 fully saturated rings. The molecule has 0 bridgehead atoms. The quantitative estimate of drug-likeness (QED) is 0.819. The number of aliphatic carboxylic acids is 1. The minimum Gasteiger partial charge on any atom is -0.480 e. The van der Waals surface area contributed by atoms with Gasteiger partial charge in [0.2, 0.25) is 0 Å². The summed E-state index contributed by atoms with van der Waals surface area (Å²) in [6.45, 7) is 0. The molecule has 0 saturated heterocycles. The molecule has 1 aromatic carbocycles. The van der Waals surface area contributed by atoms with E-state index in [0.29, 0.717) is 11.6 Å². The van der Waals surface area contributed by atoms with Gasteiger partial charge in [-0.1, -0.05) is 17.7 Å². The van der Waals surface area contributed by atoms with Crippen LogP contribution in [0.5, 0.6) is 0 Å². The van der Waals surface area contributed by atoms with Gasteiger partial charge in [-0.25, -0.2) is 18.6 Å². The number of amides is 1. The predicted molar refractivity (Wildman–Crippen MR) is 78.2 cm³/mol. The summed E-state index contributed by atoms with van der Waals surface area (Å²) in [6, 6.07) is 4.03. The number of halogens is 3. The minimum absolute atomic E-state index is 0.0525. The van der Waals surface area contributed by atoms with Gasteiger partial charge >= 0.3 is 5.97 Å². The van der Waals surface area contributed by atoms with Crippen molar-refractivity contribution < 1.29 is 23.5 Å². The second kappa shape index (κ2) is 7.15. The van der Waals surface area contributed by atoms with Crippen molar-refractivity contribution >= 4 is 23.5 Å². The zero-order valence-electron chi connectivity index (χ0n) is 11.6. The van der Waals surface area contributed by atoms with Gasteiger partial charge in [-0.05, 0) is 23.8 Å². The van der Waals surface area contributed by atoms with E-state index in [9.17, 15) is 23.5 Å². The number of carboxylic acids is 1. The van der Waals surface area contributed by atoms with Gasteiger partial charge in [0.25, 0.3) is 5.91 Å². The van der Waals surface area contributed by atoms with Crippen LogP contribution in [0.25, 0.3) is 0 Å². The maximum Gasteiger partial charge on any atom is 0.326 e. The topological polar surface area (TPSA) is 79.3 Å². The van der Waals surface area contributed by atoms with E-state index < -0.39 is 29.6 Å². The fourth-order valence-corrected chi connectivity index (χ4v) is 2.00. The molecule has 0 aliphatic rings. The van der Waals surface area contributed by atoms with Crippen LogP contribution in [0, 0.1) is 11.6 Å². The average Bonchev–Trinajstić information content (AvgIpc) is 2.47. The van der Waals surface area contributed by atoms with Gasteiger partial charge in [-0.2, -0.15) is 0 Å². The number of pyridine rings is 1. The Morgan fingerprint density at radius 1 is 1.22 bits per heavy atom. The highest BCUT2D eigenvalue weighted by molar-refractivity contribution is 6.29. The Hall–Kier alpha value is -2.54. The Labute approximate surface area is 134 Å². The molecule has 2 aromatic rings. The molecule has 1 heterocycles. The van der Waals surface area contributed by atoms with Crippen LogP contribution < -0.4 is 5.32 Å². The van der Waals surface area contributed by atoms with Crippen molar-refractivity contribution in [3.05, 3.63) is 64.4 Å². The molecule has 0 radical (unpaired) electrons. The zero-order chi connectivity index (χ0) is 17.0. The first-order valence-electron chi connectivity index (χ1n) is 6.45. The maximum absolute atomic E-state index is 13.1. The number of nitrogens with zero attached hydrogens (tertiary/aromatic N) is 1. The first-order chi connectivity index (χ1) is 10.8. The molecule has 8 heteroatoms. The van der Waals surface area contributed by atoms with Gasteiger partial charge in [0.1, 0.15) is 22.8 Å². The number of nitrogens with one attached hydrogen (secondary N) is 1. The van der Waals surface area contributed by atoms with Crippen LogP contribution in [0.3, 0.4) is 0 Å². The molecule has 0 unspecified atom stereocenters. The molecule has 5 nitrogen and oxygen atoms in total. The summed E-state index contributed by atoms with van der Waals surface area (Å²) in [4.78, 5) is 27.0. The molecule has 2 N–H and O–H groups in total. The van der Waals surface area contributed by atoms with E-state index in [1.807, 2.05) is 0 Å². The van der Waals surface area contributed by atoms with E-state index in [1.54, 1.807) is 6.07 Å². The van der Waals surface area contributed by atoms with Crippen molar-refractivity contribution in [2.24, 2.45) is 0 Å². The first kappa shape index (κ1) is 16.8. The lowest BCUT2D eigenvalue weighted by Gasteiger charge is -2.14. The van der Waals surface area contributed by atoms with Crippen molar-refractivity contribution in [3.63, 3.8) is 0 Å². The molecule has 0 aliphatic heterocycles. The van der Waals surface area contributed by atoms with E-state index in [4.69, 9.17) is 11.6 Å².